The van der Waals surface area contributed by atoms with E-state index in [4.69, 9.17) is 0 Å². The second kappa shape index (κ2) is 8.92. The van der Waals surface area contributed by atoms with Crippen molar-refractivity contribution in [3.8, 4) is 0 Å². The summed E-state index contributed by atoms with van der Waals surface area (Å²) in [6.07, 6.45) is 1.66. The molecule has 1 amide bonds. The van der Waals surface area contributed by atoms with Crippen LogP contribution in [0.25, 0.3) is 0 Å². The summed E-state index contributed by atoms with van der Waals surface area (Å²) in [6.45, 7) is 6.26. The highest BCUT2D eigenvalue weighted by atomic mass is 16.1. The molecule has 0 aliphatic rings. The number of aryl methyl sites for hydroxylation is 1. The van der Waals surface area contributed by atoms with Gasteiger partial charge < -0.3 is 5.32 Å². The zero-order valence-electron chi connectivity index (χ0n) is 12.5. The number of benzene rings is 2. The number of amides is 1. The Morgan fingerprint density at radius 3 is 2.25 bits per heavy atom. The maximum Gasteiger partial charge on any atom is 0.228 e. The first-order chi connectivity index (χ1) is 9.65. The first-order valence-corrected chi connectivity index (χ1v) is 7.06. The minimum absolute atomic E-state index is 0.0156. The Labute approximate surface area is 121 Å². The fourth-order valence-electron chi connectivity index (χ4n) is 1.71. The van der Waals surface area contributed by atoms with Crippen molar-refractivity contribution in [2.75, 3.05) is 5.32 Å². The van der Waals surface area contributed by atoms with E-state index in [-0.39, 0.29) is 5.91 Å². The van der Waals surface area contributed by atoms with E-state index in [2.05, 4.69) is 19.2 Å². The van der Waals surface area contributed by atoms with Gasteiger partial charge in [0.1, 0.15) is 0 Å². The molecule has 0 saturated carbocycles. The molecule has 0 bridgehead atoms. The summed E-state index contributed by atoms with van der Waals surface area (Å²) < 4.78 is 0. The Hall–Kier alpha value is -2.09. The van der Waals surface area contributed by atoms with E-state index in [0.717, 1.165) is 16.8 Å². The van der Waals surface area contributed by atoms with Crippen LogP contribution in [0.15, 0.2) is 54.6 Å². The summed E-state index contributed by atoms with van der Waals surface area (Å²) in [6, 6.07) is 17.5. The summed E-state index contributed by atoms with van der Waals surface area (Å²) in [5.74, 6) is 0.0156. The van der Waals surface area contributed by atoms with Crippen LogP contribution in [0.2, 0.25) is 0 Å². The fraction of sp³-hybridized carbons (Fsp3) is 0.278. The van der Waals surface area contributed by atoms with Gasteiger partial charge in [0, 0.05) is 5.69 Å². The van der Waals surface area contributed by atoms with Crippen molar-refractivity contribution in [2.24, 2.45) is 0 Å². The average molecular weight is 269 g/mol. The maximum atomic E-state index is 11.8. The maximum absolute atomic E-state index is 11.8. The van der Waals surface area contributed by atoms with Crippen molar-refractivity contribution in [1.29, 1.82) is 0 Å². The van der Waals surface area contributed by atoms with Crippen LogP contribution in [0.4, 0.5) is 5.69 Å². The van der Waals surface area contributed by atoms with Crippen LogP contribution < -0.4 is 5.32 Å². The highest BCUT2D eigenvalue weighted by molar-refractivity contribution is 5.92. The summed E-state index contributed by atoms with van der Waals surface area (Å²) >= 11 is 0. The molecule has 0 saturated heterocycles. The molecule has 106 valence electrons. The van der Waals surface area contributed by atoms with Gasteiger partial charge in [-0.1, -0.05) is 62.7 Å². The van der Waals surface area contributed by atoms with Gasteiger partial charge in [0.15, 0.2) is 0 Å². The summed E-state index contributed by atoms with van der Waals surface area (Å²) in [4.78, 5) is 11.8. The molecule has 0 spiro atoms. The number of hydrogen-bond acceptors (Lipinski definition) is 1. The largest absolute Gasteiger partial charge is 0.326 e. The van der Waals surface area contributed by atoms with E-state index >= 15 is 0 Å². The number of nitrogens with one attached hydrogen (secondary N) is 1. The van der Waals surface area contributed by atoms with E-state index in [1.54, 1.807) is 0 Å². The van der Waals surface area contributed by atoms with Crippen LogP contribution in [0.5, 0.6) is 0 Å². The van der Waals surface area contributed by atoms with Crippen molar-refractivity contribution in [1.82, 2.24) is 0 Å². The molecule has 0 atom stereocenters. The van der Waals surface area contributed by atoms with Gasteiger partial charge >= 0.3 is 0 Å². The van der Waals surface area contributed by atoms with Gasteiger partial charge in [-0.05, 0) is 30.2 Å². The van der Waals surface area contributed by atoms with Crippen LogP contribution in [-0.4, -0.2) is 5.91 Å². The number of carbonyl (C=O) groups excluding carboxylic acids is 1. The molecule has 0 fully saturated rings. The van der Waals surface area contributed by atoms with Gasteiger partial charge in [-0.15, -0.1) is 0 Å². The molecule has 2 heteroatoms. The summed E-state index contributed by atoms with van der Waals surface area (Å²) in [5, 5.41) is 2.89. The zero-order chi connectivity index (χ0) is 14.8. The normalized spacial score (nSPS) is 9.35. The second-order valence-electron chi connectivity index (χ2n) is 4.79. The molecule has 0 aliphatic heterocycles. The molecule has 2 aromatic carbocycles. The quantitative estimate of drug-likeness (QED) is 0.867. The first kappa shape index (κ1) is 16.0. The van der Waals surface area contributed by atoms with E-state index in [1.807, 2.05) is 61.5 Å². The lowest BCUT2D eigenvalue weighted by Crippen LogP contribution is -2.14. The molecule has 0 aliphatic carbocycles. The minimum Gasteiger partial charge on any atom is -0.326 e. The molecule has 0 heterocycles. The Balaban J connectivity index is 0.000000612. The van der Waals surface area contributed by atoms with Gasteiger partial charge in [0.05, 0.1) is 6.42 Å². The van der Waals surface area contributed by atoms with Gasteiger partial charge in [-0.2, -0.15) is 0 Å². The number of hydrogen-bond donors (Lipinski definition) is 1. The molecule has 20 heavy (non-hydrogen) atoms. The van der Waals surface area contributed by atoms with Crippen LogP contribution in [0.3, 0.4) is 0 Å². The van der Waals surface area contributed by atoms with Gasteiger partial charge in [-0.3, -0.25) is 4.79 Å². The third kappa shape index (κ3) is 6.19. The van der Waals surface area contributed by atoms with Crippen LogP contribution in [0, 0.1) is 6.92 Å². The van der Waals surface area contributed by atoms with E-state index in [0.29, 0.717) is 6.42 Å². The molecule has 2 aromatic rings. The monoisotopic (exact) mass is 269 g/mol. The standard InChI is InChI=1S/C15H15NO.C3H8/c1-12-6-5-9-14(10-12)16-15(17)11-13-7-3-2-4-8-13;1-3-2/h2-10H,11H2,1H3,(H,16,17);3H2,1-2H3. The number of carbonyl (C=O) groups is 1. The molecule has 1 N–H and O–H groups in total. The smallest absolute Gasteiger partial charge is 0.228 e. The Morgan fingerprint density at radius 1 is 1.00 bits per heavy atom. The van der Waals surface area contributed by atoms with Gasteiger partial charge in [0.2, 0.25) is 5.91 Å². The predicted octanol–water partition coefficient (Wildman–Crippen LogP) is 4.59. The molecule has 0 aromatic heterocycles. The van der Waals surface area contributed by atoms with Crippen molar-refractivity contribution in [3.05, 3.63) is 65.7 Å². The molecular weight excluding hydrogens is 246 g/mol. The third-order valence-electron chi connectivity index (χ3n) is 2.51. The van der Waals surface area contributed by atoms with Crippen molar-refractivity contribution < 1.29 is 4.79 Å². The lowest BCUT2D eigenvalue weighted by molar-refractivity contribution is -0.115. The molecule has 2 nitrogen and oxygen atoms in total. The molecule has 0 unspecified atom stereocenters. The second-order valence-corrected chi connectivity index (χ2v) is 4.79. The minimum atomic E-state index is 0.0156. The van der Waals surface area contributed by atoms with Crippen molar-refractivity contribution >= 4 is 11.6 Å². The molecular formula is C18H23NO. The third-order valence-corrected chi connectivity index (χ3v) is 2.51. The fourth-order valence-corrected chi connectivity index (χ4v) is 1.71. The number of rotatable bonds is 3. The topological polar surface area (TPSA) is 29.1 Å². The highest BCUT2D eigenvalue weighted by Crippen LogP contribution is 2.10. The SMILES string of the molecule is CCC.Cc1cccc(NC(=O)Cc2ccccc2)c1. The van der Waals surface area contributed by atoms with Crippen molar-refractivity contribution in [3.63, 3.8) is 0 Å². The Kier molecular flexibility index (Phi) is 7.12. The van der Waals surface area contributed by atoms with Crippen LogP contribution >= 0.6 is 0 Å². The Morgan fingerprint density at radius 2 is 1.65 bits per heavy atom. The van der Waals surface area contributed by atoms with Crippen molar-refractivity contribution in [2.45, 2.75) is 33.6 Å². The number of anilines is 1. The average Bonchev–Trinajstić information content (AvgIpc) is 2.40. The summed E-state index contributed by atoms with van der Waals surface area (Å²) in [7, 11) is 0. The van der Waals surface area contributed by atoms with E-state index in [1.165, 1.54) is 6.42 Å². The van der Waals surface area contributed by atoms with Gasteiger partial charge in [0.25, 0.3) is 0 Å². The highest BCUT2D eigenvalue weighted by Gasteiger charge is 2.03. The van der Waals surface area contributed by atoms with Crippen LogP contribution in [-0.2, 0) is 11.2 Å². The predicted molar refractivity (Wildman–Crippen MR) is 85.9 cm³/mol. The van der Waals surface area contributed by atoms with E-state index in [9.17, 15) is 4.79 Å². The lowest BCUT2D eigenvalue weighted by atomic mass is 10.1. The molecule has 2 rings (SSSR count). The molecule has 0 radical (unpaired) electrons. The lowest BCUT2D eigenvalue weighted by Gasteiger charge is -2.05. The zero-order valence-corrected chi connectivity index (χ0v) is 12.5. The van der Waals surface area contributed by atoms with Gasteiger partial charge in [-0.25, -0.2) is 0 Å². The summed E-state index contributed by atoms with van der Waals surface area (Å²) in [5.41, 5.74) is 3.02. The van der Waals surface area contributed by atoms with Crippen LogP contribution in [0.1, 0.15) is 31.4 Å². The first-order valence-electron chi connectivity index (χ1n) is 7.06. The Bertz CT molecular complexity index is 520. The van der Waals surface area contributed by atoms with E-state index < -0.39 is 0 Å².